The summed E-state index contributed by atoms with van der Waals surface area (Å²) in [6.07, 6.45) is -1.04. The molecule has 0 aliphatic rings. The third-order valence-electron chi connectivity index (χ3n) is 1.81. The zero-order valence-corrected chi connectivity index (χ0v) is 8.68. The smallest absolute Gasteiger partial charge is 0.267 e. The molecular formula is C9H12O5S. The van der Waals surface area contributed by atoms with Gasteiger partial charge in [0.15, 0.2) is 0 Å². The second-order valence-electron chi connectivity index (χ2n) is 3.27. The number of hydrogen-bond donors (Lipinski definition) is 3. The zero-order chi connectivity index (χ0) is 11.5. The molecule has 1 aromatic rings. The third-order valence-corrected chi connectivity index (χ3v) is 2.62. The van der Waals surface area contributed by atoms with Gasteiger partial charge in [-0.1, -0.05) is 12.1 Å². The molecule has 1 atom stereocenters. The van der Waals surface area contributed by atoms with Gasteiger partial charge in [-0.2, -0.15) is 8.42 Å². The van der Waals surface area contributed by atoms with E-state index in [1.54, 1.807) is 12.1 Å². The molecule has 0 saturated carbocycles. The molecule has 0 radical (unpaired) electrons. The van der Waals surface area contributed by atoms with Crippen molar-refractivity contribution in [2.75, 3.05) is 5.75 Å². The minimum absolute atomic E-state index is 0.100. The molecule has 3 N–H and O–H groups in total. The molecule has 0 fully saturated rings. The van der Waals surface area contributed by atoms with E-state index in [2.05, 4.69) is 0 Å². The van der Waals surface area contributed by atoms with Crippen molar-refractivity contribution < 1.29 is 23.2 Å². The van der Waals surface area contributed by atoms with Gasteiger partial charge in [-0.15, -0.1) is 0 Å². The summed E-state index contributed by atoms with van der Waals surface area (Å²) in [5.41, 5.74) is 0.684. The number of phenolic OH excluding ortho intramolecular Hbond substituents is 1. The fourth-order valence-corrected chi connectivity index (χ4v) is 1.81. The molecule has 0 amide bonds. The maximum absolute atomic E-state index is 10.4. The largest absolute Gasteiger partial charge is 0.508 e. The molecule has 84 valence electrons. The zero-order valence-electron chi connectivity index (χ0n) is 7.87. The Morgan fingerprint density at radius 2 is 1.73 bits per heavy atom. The van der Waals surface area contributed by atoms with Gasteiger partial charge in [0, 0.05) is 0 Å². The van der Waals surface area contributed by atoms with Gasteiger partial charge >= 0.3 is 0 Å². The van der Waals surface area contributed by atoms with E-state index < -0.39 is 22.0 Å². The van der Waals surface area contributed by atoms with Gasteiger partial charge in [-0.05, 0) is 24.1 Å². The highest BCUT2D eigenvalue weighted by atomic mass is 32.2. The monoisotopic (exact) mass is 232 g/mol. The summed E-state index contributed by atoms with van der Waals surface area (Å²) in [5, 5.41) is 18.3. The first-order chi connectivity index (χ1) is 6.87. The summed E-state index contributed by atoms with van der Waals surface area (Å²) in [5.74, 6) is -0.587. The molecule has 0 aliphatic heterocycles. The number of aliphatic hydroxyl groups is 1. The van der Waals surface area contributed by atoms with E-state index in [4.69, 9.17) is 9.66 Å². The van der Waals surface area contributed by atoms with Crippen LogP contribution < -0.4 is 0 Å². The van der Waals surface area contributed by atoms with Crippen LogP contribution in [0.25, 0.3) is 0 Å². The molecule has 1 unspecified atom stereocenters. The maximum atomic E-state index is 10.4. The van der Waals surface area contributed by atoms with Crippen molar-refractivity contribution in [2.24, 2.45) is 0 Å². The van der Waals surface area contributed by atoms with Crippen molar-refractivity contribution in [3.63, 3.8) is 0 Å². The van der Waals surface area contributed by atoms with Gasteiger partial charge in [0.1, 0.15) is 11.5 Å². The van der Waals surface area contributed by atoms with Crippen molar-refractivity contribution in [2.45, 2.75) is 12.5 Å². The highest BCUT2D eigenvalue weighted by molar-refractivity contribution is 7.85. The van der Waals surface area contributed by atoms with E-state index in [1.807, 2.05) is 0 Å². The summed E-state index contributed by atoms with van der Waals surface area (Å²) >= 11 is 0. The van der Waals surface area contributed by atoms with Crippen LogP contribution in [0.5, 0.6) is 5.75 Å². The van der Waals surface area contributed by atoms with E-state index in [9.17, 15) is 13.5 Å². The van der Waals surface area contributed by atoms with Crippen LogP contribution in [0.4, 0.5) is 0 Å². The number of benzene rings is 1. The van der Waals surface area contributed by atoms with Crippen molar-refractivity contribution >= 4 is 10.1 Å². The molecule has 0 aliphatic carbocycles. The second-order valence-corrected chi connectivity index (χ2v) is 4.77. The van der Waals surface area contributed by atoms with Gasteiger partial charge in [0.2, 0.25) is 0 Å². The van der Waals surface area contributed by atoms with Crippen LogP contribution in [-0.4, -0.2) is 35.0 Å². The molecule has 1 rings (SSSR count). The second kappa shape index (κ2) is 4.61. The first-order valence-corrected chi connectivity index (χ1v) is 5.89. The van der Waals surface area contributed by atoms with Crippen LogP contribution in [0.2, 0.25) is 0 Å². The summed E-state index contributed by atoms with van der Waals surface area (Å²) < 4.78 is 29.4. The lowest BCUT2D eigenvalue weighted by Gasteiger charge is -2.08. The highest BCUT2D eigenvalue weighted by Crippen LogP contribution is 2.11. The lowest BCUT2D eigenvalue weighted by atomic mass is 10.1. The molecule has 5 nitrogen and oxygen atoms in total. The summed E-state index contributed by atoms with van der Waals surface area (Å²) in [6.45, 7) is 0. The van der Waals surface area contributed by atoms with Gasteiger partial charge in [-0.25, -0.2) is 0 Å². The van der Waals surface area contributed by atoms with E-state index in [-0.39, 0.29) is 12.2 Å². The van der Waals surface area contributed by atoms with Crippen LogP contribution in [0.3, 0.4) is 0 Å². The molecule has 6 heteroatoms. The van der Waals surface area contributed by atoms with Crippen LogP contribution in [0.1, 0.15) is 5.56 Å². The number of rotatable bonds is 4. The summed E-state index contributed by atoms with van der Waals surface area (Å²) in [7, 11) is -4.15. The Hall–Kier alpha value is -1.11. The van der Waals surface area contributed by atoms with Gasteiger partial charge < -0.3 is 10.2 Å². The van der Waals surface area contributed by atoms with Crippen molar-refractivity contribution in [3.05, 3.63) is 29.8 Å². The molecule has 1 aromatic carbocycles. The Labute approximate surface area is 87.7 Å². The van der Waals surface area contributed by atoms with Crippen LogP contribution in [0.15, 0.2) is 24.3 Å². The molecule has 0 aromatic heterocycles. The van der Waals surface area contributed by atoms with E-state index >= 15 is 0 Å². The minimum atomic E-state index is -4.15. The van der Waals surface area contributed by atoms with E-state index in [1.165, 1.54) is 12.1 Å². The quantitative estimate of drug-likeness (QED) is 0.644. The average molecular weight is 232 g/mol. The van der Waals surface area contributed by atoms with Gasteiger partial charge in [-0.3, -0.25) is 4.55 Å². The van der Waals surface area contributed by atoms with Crippen molar-refractivity contribution in [3.8, 4) is 5.75 Å². The fraction of sp³-hybridized carbons (Fsp3) is 0.333. The summed E-state index contributed by atoms with van der Waals surface area (Å²) in [6, 6.07) is 6.02. The topological polar surface area (TPSA) is 94.8 Å². The normalized spacial score (nSPS) is 13.7. The number of phenols is 1. The minimum Gasteiger partial charge on any atom is -0.508 e. The molecule has 0 bridgehead atoms. The van der Waals surface area contributed by atoms with E-state index in [0.29, 0.717) is 5.56 Å². The van der Waals surface area contributed by atoms with Crippen molar-refractivity contribution in [1.82, 2.24) is 0 Å². The maximum Gasteiger partial charge on any atom is 0.267 e. The Kier molecular flexibility index (Phi) is 3.67. The predicted molar refractivity (Wildman–Crippen MR) is 54.2 cm³/mol. The summed E-state index contributed by atoms with van der Waals surface area (Å²) in [4.78, 5) is 0. The number of hydrogen-bond acceptors (Lipinski definition) is 4. The lowest BCUT2D eigenvalue weighted by Crippen LogP contribution is -2.22. The number of aromatic hydroxyl groups is 1. The Balaban J connectivity index is 2.59. The SMILES string of the molecule is O=S(=O)(O)CC(O)Cc1ccc(O)cc1. The van der Waals surface area contributed by atoms with Crippen molar-refractivity contribution in [1.29, 1.82) is 0 Å². The fourth-order valence-electron chi connectivity index (χ4n) is 1.21. The molecule has 15 heavy (non-hydrogen) atoms. The predicted octanol–water partition coefficient (Wildman–Crippen LogP) is 0.183. The number of aliphatic hydroxyl groups excluding tert-OH is 1. The van der Waals surface area contributed by atoms with Gasteiger partial charge in [0.05, 0.1) is 6.10 Å². The first-order valence-electron chi connectivity index (χ1n) is 4.28. The standard InChI is InChI=1S/C9H12O5S/c10-8-3-1-7(2-4-8)5-9(11)6-15(12,13)14/h1-4,9-11H,5-6H2,(H,12,13,14). The Morgan fingerprint density at radius 3 is 2.20 bits per heavy atom. The Morgan fingerprint density at radius 1 is 1.20 bits per heavy atom. The average Bonchev–Trinajstić information content (AvgIpc) is 2.05. The molecule has 0 heterocycles. The molecular weight excluding hydrogens is 220 g/mol. The lowest BCUT2D eigenvalue weighted by molar-refractivity contribution is 0.195. The molecule has 0 saturated heterocycles. The van der Waals surface area contributed by atoms with Crippen LogP contribution >= 0.6 is 0 Å². The first kappa shape index (κ1) is 12.0. The van der Waals surface area contributed by atoms with Crippen LogP contribution in [0, 0.1) is 0 Å². The highest BCUT2D eigenvalue weighted by Gasteiger charge is 2.14. The third kappa shape index (κ3) is 4.78. The van der Waals surface area contributed by atoms with E-state index in [0.717, 1.165) is 0 Å². The van der Waals surface area contributed by atoms with Crippen LogP contribution in [-0.2, 0) is 16.5 Å². The Bertz CT molecular complexity index is 409. The van der Waals surface area contributed by atoms with Gasteiger partial charge in [0.25, 0.3) is 10.1 Å². The molecule has 0 spiro atoms.